The summed E-state index contributed by atoms with van der Waals surface area (Å²) in [6, 6.07) is 2.18. The van der Waals surface area contributed by atoms with Gasteiger partial charge >= 0.3 is 0 Å². The lowest BCUT2D eigenvalue weighted by molar-refractivity contribution is 0.530. The van der Waals surface area contributed by atoms with Crippen molar-refractivity contribution in [1.82, 2.24) is 0 Å². The summed E-state index contributed by atoms with van der Waals surface area (Å²) in [5, 5.41) is 8.65. The van der Waals surface area contributed by atoms with Gasteiger partial charge in [0.2, 0.25) is 0 Å². The van der Waals surface area contributed by atoms with Crippen molar-refractivity contribution < 1.29 is 0 Å². The fraction of sp³-hybridized carbons (Fsp3) is 0.864. The first kappa shape index (κ1) is 22.2. The van der Waals surface area contributed by atoms with E-state index in [9.17, 15) is 0 Å². The number of hydrogen-bond donors (Lipinski definition) is 0. The lowest BCUT2D eigenvalue weighted by atomic mass is 10.0. The predicted octanol–water partition coefficient (Wildman–Crippen LogP) is 8.11. The first-order chi connectivity index (χ1) is 11.3. The van der Waals surface area contributed by atoms with Gasteiger partial charge in [-0.3, -0.25) is 0 Å². The summed E-state index contributed by atoms with van der Waals surface area (Å²) in [5.41, 5.74) is 0.867. The van der Waals surface area contributed by atoms with Crippen LogP contribution in [0.15, 0.2) is 11.6 Å². The van der Waals surface area contributed by atoms with Gasteiger partial charge in [-0.25, -0.2) is 0 Å². The number of unbranched alkanes of at least 4 members (excludes halogenated alkanes) is 16. The summed E-state index contributed by atoms with van der Waals surface area (Å²) >= 11 is 0. The highest BCUT2D eigenvalue weighted by Crippen LogP contribution is 2.14. The Bertz CT molecular complexity index is 298. The van der Waals surface area contributed by atoms with E-state index in [2.05, 4.69) is 19.1 Å². The molecule has 0 spiro atoms. The first-order valence-electron chi connectivity index (χ1n) is 10.4. The van der Waals surface area contributed by atoms with Gasteiger partial charge in [0, 0.05) is 5.57 Å². The lowest BCUT2D eigenvalue weighted by Crippen LogP contribution is -1.83. The van der Waals surface area contributed by atoms with E-state index in [-0.39, 0.29) is 0 Å². The Hall–Kier alpha value is -0.770. The molecule has 0 unspecified atom stereocenters. The Morgan fingerprint density at radius 3 is 1.35 bits per heavy atom. The van der Waals surface area contributed by atoms with E-state index in [1.807, 2.05) is 6.92 Å². The Labute approximate surface area is 146 Å². The quantitative estimate of drug-likeness (QED) is 0.196. The van der Waals surface area contributed by atoms with E-state index < -0.39 is 0 Å². The number of rotatable bonds is 17. The van der Waals surface area contributed by atoms with Crippen LogP contribution in [-0.4, -0.2) is 0 Å². The van der Waals surface area contributed by atoms with E-state index in [0.29, 0.717) is 0 Å². The van der Waals surface area contributed by atoms with Crippen LogP contribution in [0.4, 0.5) is 0 Å². The zero-order valence-corrected chi connectivity index (χ0v) is 16.0. The van der Waals surface area contributed by atoms with Gasteiger partial charge in [0.05, 0.1) is 6.07 Å². The van der Waals surface area contributed by atoms with Crippen LogP contribution in [0.25, 0.3) is 0 Å². The molecule has 0 aromatic carbocycles. The summed E-state index contributed by atoms with van der Waals surface area (Å²) in [5.74, 6) is 0. The molecule has 0 heterocycles. The number of allylic oxidation sites excluding steroid dienone is 2. The molecule has 0 saturated carbocycles. The average Bonchev–Trinajstić information content (AvgIpc) is 2.57. The van der Waals surface area contributed by atoms with Crippen molar-refractivity contribution in [3.8, 4) is 6.07 Å². The maximum atomic E-state index is 8.65. The fourth-order valence-corrected chi connectivity index (χ4v) is 3.06. The zero-order valence-electron chi connectivity index (χ0n) is 16.0. The van der Waals surface area contributed by atoms with Gasteiger partial charge < -0.3 is 0 Å². The standard InChI is InChI=1S/C22H41N/c1-3-4-5-6-7-8-9-10-11-12-13-14-15-16-17-18-19-20-22(2)21-23/h20H,3-19H2,1-2H3. The fourth-order valence-electron chi connectivity index (χ4n) is 3.06. The van der Waals surface area contributed by atoms with Crippen molar-refractivity contribution >= 4 is 0 Å². The molecule has 0 aromatic rings. The second-order valence-corrected chi connectivity index (χ2v) is 7.09. The number of nitriles is 1. The summed E-state index contributed by atoms with van der Waals surface area (Å²) < 4.78 is 0. The molecule has 0 aromatic heterocycles. The maximum absolute atomic E-state index is 8.65. The second kappa shape index (κ2) is 19.3. The number of nitrogens with zero attached hydrogens (tertiary/aromatic N) is 1. The molecule has 0 atom stereocenters. The molecule has 1 heteroatoms. The first-order valence-corrected chi connectivity index (χ1v) is 10.4. The van der Waals surface area contributed by atoms with Crippen molar-refractivity contribution in [2.24, 2.45) is 0 Å². The SMILES string of the molecule is CCCCCCCCCCCCCCCCCCC=C(C)C#N. The smallest absolute Gasteiger partial charge is 0.0940 e. The summed E-state index contributed by atoms with van der Waals surface area (Å²) in [4.78, 5) is 0. The van der Waals surface area contributed by atoms with Crippen molar-refractivity contribution in [3.05, 3.63) is 11.6 Å². The highest BCUT2D eigenvalue weighted by molar-refractivity contribution is 5.16. The molecule has 0 N–H and O–H groups in total. The molecule has 0 saturated heterocycles. The van der Waals surface area contributed by atoms with Crippen molar-refractivity contribution in [2.75, 3.05) is 0 Å². The van der Waals surface area contributed by atoms with Crippen LogP contribution in [0.5, 0.6) is 0 Å². The Kier molecular flexibility index (Phi) is 18.6. The molecule has 0 aliphatic heterocycles. The van der Waals surface area contributed by atoms with Crippen molar-refractivity contribution in [1.29, 1.82) is 5.26 Å². The van der Waals surface area contributed by atoms with Crippen molar-refractivity contribution in [3.63, 3.8) is 0 Å². The molecule has 0 fully saturated rings. The van der Waals surface area contributed by atoms with Gasteiger partial charge in [0.25, 0.3) is 0 Å². The van der Waals surface area contributed by atoms with Gasteiger partial charge in [0.1, 0.15) is 0 Å². The van der Waals surface area contributed by atoms with E-state index in [4.69, 9.17) is 5.26 Å². The highest BCUT2D eigenvalue weighted by atomic mass is 14.2. The minimum Gasteiger partial charge on any atom is -0.193 e. The minimum absolute atomic E-state index is 0.867. The van der Waals surface area contributed by atoms with Crippen molar-refractivity contribution in [2.45, 2.75) is 123 Å². The molecule has 0 rings (SSSR count). The molecule has 0 aliphatic carbocycles. The minimum atomic E-state index is 0.867. The second-order valence-electron chi connectivity index (χ2n) is 7.09. The topological polar surface area (TPSA) is 23.8 Å². The van der Waals surface area contributed by atoms with Crippen LogP contribution in [0.3, 0.4) is 0 Å². The maximum Gasteiger partial charge on any atom is 0.0940 e. The van der Waals surface area contributed by atoms with Crippen LogP contribution in [-0.2, 0) is 0 Å². The summed E-state index contributed by atoms with van der Waals surface area (Å²) in [6.45, 7) is 4.18. The van der Waals surface area contributed by atoms with Gasteiger partial charge in [-0.15, -0.1) is 0 Å². The Balaban J connectivity index is 3.04. The zero-order chi connectivity index (χ0) is 17.0. The molecule has 0 bridgehead atoms. The summed E-state index contributed by atoms with van der Waals surface area (Å²) in [7, 11) is 0. The van der Waals surface area contributed by atoms with Gasteiger partial charge in [-0.2, -0.15) is 5.26 Å². The molecule has 134 valence electrons. The highest BCUT2D eigenvalue weighted by Gasteiger charge is 1.94. The monoisotopic (exact) mass is 319 g/mol. The molecule has 0 aliphatic rings. The van der Waals surface area contributed by atoms with E-state index in [0.717, 1.165) is 12.0 Å². The molecule has 23 heavy (non-hydrogen) atoms. The average molecular weight is 320 g/mol. The van der Waals surface area contributed by atoms with E-state index in [1.54, 1.807) is 0 Å². The van der Waals surface area contributed by atoms with Gasteiger partial charge in [0.15, 0.2) is 0 Å². The Morgan fingerprint density at radius 2 is 1.00 bits per heavy atom. The molecule has 1 nitrogen and oxygen atoms in total. The van der Waals surface area contributed by atoms with Crippen LogP contribution in [0.1, 0.15) is 123 Å². The predicted molar refractivity (Wildman–Crippen MR) is 104 cm³/mol. The Morgan fingerprint density at radius 1 is 0.652 bits per heavy atom. The molecular formula is C22H41N. The summed E-state index contributed by atoms with van der Waals surface area (Å²) in [6.07, 6.45) is 25.8. The third kappa shape index (κ3) is 19.2. The largest absolute Gasteiger partial charge is 0.193 e. The van der Waals surface area contributed by atoms with Gasteiger partial charge in [-0.05, 0) is 19.8 Å². The van der Waals surface area contributed by atoms with Gasteiger partial charge in [-0.1, -0.05) is 109 Å². The molecular weight excluding hydrogens is 278 g/mol. The third-order valence-electron chi connectivity index (χ3n) is 4.68. The molecule has 0 radical (unpaired) electrons. The van der Waals surface area contributed by atoms with Crippen LogP contribution in [0, 0.1) is 11.3 Å². The van der Waals surface area contributed by atoms with E-state index >= 15 is 0 Å². The molecule has 0 amide bonds. The van der Waals surface area contributed by atoms with Crippen LogP contribution in [0.2, 0.25) is 0 Å². The van der Waals surface area contributed by atoms with E-state index in [1.165, 1.54) is 103 Å². The third-order valence-corrected chi connectivity index (χ3v) is 4.68. The normalized spacial score (nSPS) is 11.6. The van der Waals surface area contributed by atoms with Crippen LogP contribution >= 0.6 is 0 Å². The lowest BCUT2D eigenvalue weighted by Gasteiger charge is -2.03. The van der Waals surface area contributed by atoms with Crippen LogP contribution < -0.4 is 0 Å². The number of hydrogen-bond acceptors (Lipinski definition) is 1.